The van der Waals surface area contributed by atoms with Crippen LogP contribution in [-0.2, 0) is 6.42 Å². The molecule has 2 atom stereocenters. The topological polar surface area (TPSA) is 15.3 Å². The summed E-state index contributed by atoms with van der Waals surface area (Å²) in [5, 5.41) is 3.78. The van der Waals surface area contributed by atoms with Crippen molar-refractivity contribution in [3.8, 4) is 0 Å². The van der Waals surface area contributed by atoms with Crippen molar-refractivity contribution in [1.29, 1.82) is 0 Å². The summed E-state index contributed by atoms with van der Waals surface area (Å²) in [5.41, 5.74) is 2.87. The third-order valence-electron chi connectivity index (χ3n) is 4.81. The third-order valence-corrected chi connectivity index (χ3v) is 4.81. The Bertz CT molecular complexity index is 393. The summed E-state index contributed by atoms with van der Waals surface area (Å²) in [7, 11) is 0. The molecule has 1 N–H and O–H groups in total. The van der Waals surface area contributed by atoms with Gasteiger partial charge in [0.25, 0.3) is 0 Å². The van der Waals surface area contributed by atoms with Crippen LogP contribution >= 0.6 is 0 Å². The molecule has 0 aliphatic carbocycles. The van der Waals surface area contributed by atoms with Gasteiger partial charge in [0.05, 0.1) is 0 Å². The zero-order valence-electron chi connectivity index (χ0n) is 14.1. The van der Waals surface area contributed by atoms with E-state index in [-0.39, 0.29) is 0 Å². The molecule has 1 heterocycles. The predicted molar refractivity (Wildman–Crippen MR) is 91.7 cm³/mol. The van der Waals surface area contributed by atoms with E-state index in [4.69, 9.17) is 0 Å². The lowest BCUT2D eigenvalue weighted by atomic mass is 9.96. The van der Waals surface area contributed by atoms with Gasteiger partial charge in [-0.25, -0.2) is 0 Å². The molecule has 1 aliphatic heterocycles. The van der Waals surface area contributed by atoms with Gasteiger partial charge in [0.15, 0.2) is 0 Å². The number of aryl methyl sites for hydroxylation is 1. The second-order valence-electron chi connectivity index (χ2n) is 6.36. The fourth-order valence-electron chi connectivity index (χ4n) is 3.36. The van der Waals surface area contributed by atoms with Crippen molar-refractivity contribution in [3.63, 3.8) is 0 Å². The van der Waals surface area contributed by atoms with Crippen molar-refractivity contribution < 1.29 is 0 Å². The summed E-state index contributed by atoms with van der Waals surface area (Å²) in [6.07, 6.45) is 6.44. The van der Waals surface area contributed by atoms with Gasteiger partial charge in [0.1, 0.15) is 0 Å². The quantitative estimate of drug-likeness (QED) is 0.810. The molecular weight excluding hydrogens is 256 g/mol. The highest BCUT2D eigenvalue weighted by molar-refractivity contribution is 5.26. The molecular formula is C19H32N2. The average Bonchev–Trinajstić information content (AvgIpc) is 2.56. The maximum Gasteiger partial charge on any atom is 0.0475 e. The molecule has 1 aromatic rings. The Morgan fingerprint density at radius 3 is 2.29 bits per heavy atom. The zero-order valence-corrected chi connectivity index (χ0v) is 14.1. The van der Waals surface area contributed by atoms with E-state index in [0.29, 0.717) is 12.1 Å². The summed E-state index contributed by atoms with van der Waals surface area (Å²) in [6, 6.07) is 10.3. The lowest BCUT2D eigenvalue weighted by molar-refractivity contribution is 0.141. The van der Waals surface area contributed by atoms with Gasteiger partial charge in [-0.05, 0) is 63.4 Å². The van der Waals surface area contributed by atoms with Gasteiger partial charge in [0.2, 0.25) is 0 Å². The monoisotopic (exact) mass is 288 g/mol. The molecule has 1 fully saturated rings. The van der Waals surface area contributed by atoms with Crippen LogP contribution in [0.4, 0.5) is 0 Å². The van der Waals surface area contributed by atoms with Crippen molar-refractivity contribution in [2.24, 2.45) is 0 Å². The number of nitrogens with one attached hydrogen (secondary N) is 1. The minimum atomic E-state index is 0.453. The SMILES string of the molecule is CCCNC(c1ccc(CC)cc1)C(C)N1CCCCC1. The van der Waals surface area contributed by atoms with Gasteiger partial charge in [0, 0.05) is 12.1 Å². The molecule has 2 rings (SSSR count). The molecule has 1 saturated heterocycles. The molecule has 0 aromatic heterocycles. The minimum absolute atomic E-state index is 0.453. The number of hydrogen-bond acceptors (Lipinski definition) is 2. The van der Waals surface area contributed by atoms with Crippen LogP contribution in [0, 0.1) is 0 Å². The molecule has 0 radical (unpaired) electrons. The number of rotatable bonds is 7. The van der Waals surface area contributed by atoms with Crippen LogP contribution in [0.15, 0.2) is 24.3 Å². The highest BCUT2D eigenvalue weighted by Gasteiger charge is 2.25. The first-order chi connectivity index (χ1) is 10.3. The second kappa shape index (κ2) is 8.55. The Morgan fingerprint density at radius 1 is 1.05 bits per heavy atom. The Hall–Kier alpha value is -0.860. The van der Waals surface area contributed by atoms with Gasteiger partial charge < -0.3 is 5.32 Å². The average molecular weight is 288 g/mol. The van der Waals surface area contributed by atoms with Crippen molar-refractivity contribution in [1.82, 2.24) is 10.2 Å². The molecule has 2 heteroatoms. The maximum absolute atomic E-state index is 3.78. The Morgan fingerprint density at radius 2 is 1.71 bits per heavy atom. The highest BCUT2D eigenvalue weighted by atomic mass is 15.2. The van der Waals surface area contributed by atoms with Crippen molar-refractivity contribution in [3.05, 3.63) is 35.4 Å². The lowest BCUT2D eigenvalue weighted by Crippen LogP contribution is -2.45. The van der Waals surface area contributed by atoms with Crippen LogP contribution in [-0.4, -0.2) is 30.6 Å². The van der Waals surface area contributed by atoms with Gasteiger partial charge in [-0.2, -0.15) is 0 Å². The fourth-order valence-corrected chi connectivity index (χ4v) is 3.36. The van der Waals surface area contributed by atoms with E-state index in [1.165, 1.54) is 49.9 Å². The van der Waals surface area contributed by atoms with Gasteiger partial charge in [-0.3, -0.25) is 4.90 Å². The first-order valence-electron chi connectivity index (χ1n) is 8.82. The van der Waals surface area contributed by atoms with E-state index in [1.54, 1.807) is 0 Å². The number of benzene rings is 1. The third kappa shape index (κ3) is 4.55. The molecule has 2 nitrogen and oxygen atoms in total. The molecule has 1 aromatic carbocycles. The first-order valence-corrected chi connectivity index (χ1v) is 8.82. The standard InChI is InChI=1S/C19H32N2/c1-4-13-20-19(16(3)21-14-7-6-8-15-21)18-11-9-17(5-2)10-12-18/h9-12,16,19-20H,4-8,13-15H2,1-3H3. The fraction of sp³-hybridized carbons (Fsp3) is 0.684. The largest absolute Gasteiger partial charge is 0.309 e. The van der Waals surface area contributed by atoms with E-state index in [0.717, 1.165) is 13.0 Å². The van der Waals surface area contributed by atoms with Gasteiger partial charge in [-0.15, -0.1) is 0 Å². The van der Waals surface area contributed by atoms with Crippen molar-refractivity contribution in [2.75, 3.05) is 19.6 Å². The molecule has 0 spiro atoms. The highest BCUT2D eigenvalue weighted by Crippen LogP contribution is 2.24. The van der Waals surface area contributed by atoms with E-state index in [1.807, 2.05) is 0 Å². The second-order valence-corrected chi connectivity index (χ2v) is 6.36. The van der Waals surface area contributed by atoms with Crippen LogP contribution in [0.5, 0.6) is 0 Å². The van der Waals surface area contributed by atoms with Crippen LogP contribution in [0.25, 0.3) is 0 Å². The van der Waals surface area contributed by atoms with E-state index < -0.39 is 0 Å². The van der Waals surface area contributed by atoms with E-state index >= 15 is 0 Å². The van der Waals surface area contributed by atoms with Crippen LogP contribution in [0.3, 0.4) is 0 Å². The summed E-state index contributed by atoms with van der Waals surface area (Å²) < 4.78 is 0. The molecule has 0 saturated carbocycles. The van der Waals surface area contributed by atoms with Crippen LogP contribution in [0.2, 0.25) is 0 Å². The lowest BCUT2D eigenvalue weighted by Gasteiger charge is -2.38. The summed E-state index contributed by atoms with van der Waals surface area (Å²) in [5.74, 6) is 0. The number of nitrogens with zero attached hydrogens (tertiary/aromatic N) is 1. The van der Waals surface area contributed by atoms with Gasteiger partial charge in [-0.1, -0.05) is 44.5 Å². The van der Waals surface area contributed by atoms with E-state index in [9.17, 15) is 0 Å². The number of piperidine rings is 1. The van der Waals surface area contributed by atoms with Gasteiger partial charge >= 0.3 is 0 Å². The molecule has 118 valence electrons. The maximum atomic E-state index is 3.78. The minimum Gasteiger partial charge on any atom is -0.309 e. The molecule has 2 unspecified atom stereocenters. The molecule has 0 amide bonds. The van der Waals surface area contributed by atoms with Crippen LogP contribution in [0.1, 0.15) is 63.6 Å². The summed E-state index contributed by atoms with van der Waals surface area (Å²) >= 11 is 0. The molecule has 21 heavy (non-hydrogen) atoms. The number of hydrogen-bond donors (Lipinski definition) is 1. The van der Waals surface area contributed by atoms with Crippen molar-refractivity contribution >= 4 is 0 Å². The van der Waals surface area contributed by atoms with Crippen molar-refractivity contribution in [2.45, 2.75) is 65.0 Å². The Labute approximate surface area is 130 Å². The van der Waals surface area contributed by atoms with E-state index in [2.05, 4.69) is 55.3 Å². The molecule has 1 aliphatic rings. The summed E-state index contributed by atoms with van der Waals surface area (Å²) in [4.78, 5) is 2.67. The Balaban J connectivity index is 2.11. The molecule has 0 bridgehead atoms. The van der Waals surface area contributed by atoms with Crippen LogP contribution < -0.4 is 5.32 Å². The zero-order chi connectivity index (χ0) is 15.1. The first kappa shape index (κ1) is 16.5. The summed E-state index contributed by atoms with van der Waals surface area (Å²) in [6.45, 7) is 10.5. The smallest absolute Gasteiger partial charge is 0.0475 e. The number of likely N-dealkylation sites (tertiary alicyclic amines) is 1. The normalized spacial score (nSPS) is 19.4. The predicted octanol–water partition coefficient (Wildman–Crippen LogP) is 4.16. The Kier molecular flexibility index (Phi) is 6.72.